The molecule has 122 valence electrons. The molecule has 3 rings (SSSR count). The van der Waals surface area contributed by atoms with Crippen molar-refractivity contribution < 1.29 is 4.79 Å². The van der Waals surface area contributed by atoms with Crippen LogP contribution < -0.4 is 16.2 Å². The molecule has 1 aromatic heterocycles. The van der Waals surface area contributed by atoms with Crippen molar-refractivity contribution in [3.63, 3.8) is 0 Å². The molecule has 0 saturated heterocycles. The van der Waals surface area contributed by atoms with E-state index in [0.717, 1.165) is 16.5 Å². The van der Waals surface area contributed by atoms with Gasteiger partial charge in [-0.15, -0.1) is 0 Å². The molecule has 1 amide bonds. The van der Waals surface area contributed by atoms with E-state index in [1.54, 1.807) is 14.1 Å². The molecule has 5 heteroatoms. The van der Waals surface area contributed by atoms with Gasteiger partial charge in [-0.3, -0.25) is 9.59 Å². The van der Waals surface area contributed by atoms with Crippen molar-refractivity contribution in [1.29, 1.82) is 0 Å². The Labute approximate surface area is 139 Å². The number of aryl methyl sites for hydroxylation is 2. The van der Waals surface area contributed by atoms with Crippen LogP contribution in [0.1, 0.15) is 15.9 Å². The molecule has 3 aromatic rings. The van der Waals surface area contributed by atoms with E-state index in [1.165, 1.54) is 9.47 Å². The zero-order valence-corrected chi connectivity index (χ0v) is 13.9. The lowest BCUT2D eigenvalue weighted by molar-refractivity contribution is 0.0992. The van der Waals surface area contributed by atoms with Crippen LogP contribution in [0, 0.1) is 6.92 Å². The third-order valence-corrected chi connectivity index (χ3v) is 4.33. The van der Waals surface area contributed by atoms with Gasteiger partial charge in [0.25, 0.3) is 11.5 Å². The zero-order valence-electron chi connectivity index (χ0n) is 13.9. The van der Waals surface area contributed by atoms with E-state index in [2.05, 4.69) is 0 Å². The summed E-state index contributed by atoms with van der Waals surface area (Å²) in [5.74, 6) is -0.413. The van der Waals surface area contributed by atoms with Gasteiger partial charge < -0.3 is 15.2 Å². The Bertz CT molecular complexity index is 991. The molecule has 0 saturated carbocycles. The molecule has 0 fully saturated rings. The Morgan fingerprint density at radius 3 is 2.42 bits per heavy atom. The number of hydrogen-bond donors (Lipinski definition) is 1. The second kappa shape index (κ2) is 5.85. The summed E-state index contributed by atoms with van der Waals surface area (Å²) in [6.45, 7) is 1.92. The summed E-state index contributed by atoms with van der Waals surface area (Å²) in [5.41, 5.74) is 8.44. The summed E-state index contributed by atoms with van der Waals surface area (Å²) in [5, 5.41) is 0.740. The highest BCUT2D eigenvalue weighted by Crippen LogP contribution is 2.26. The number of pyridine rings is 1. The van der Waals surface area contributed by atoms with Crippen LogP contribution >= 0.6 is 0 Å². The number of nitrogens with zero attached hydrogens (tertiary/aromatic N) is 2. The van der Waals surface area contributed by atoms with Crippen molar-refractivity contribution in [1.82, 2.24) is 4.57 Å². The molecule has 0 aliphatic rings. The van der Waals surface area contributed by atoms with Crippen molar-refractivity contribution in [3.8, 4) is 0 Å². The molecule has 0 radical (unpaired) electrons. The number of carbonyl (C=O) groups is 1. The van der Waals surface area contributed by atoms with Crippen LogP contribution in [0.5, 0.6) is 0 Å². The summed E-state index contributed by atoms with van der Waals surface area (Å²) in [7, 11) is 3.29. The van der Waals surface area contributed by atoms with E-state index < -0.39 is 11.5 Å². The van der Waals surface area contributed by atoms with Gasteiger partial charge in [0.2, 0.25) is 0 Å². The zero-order chi connectivity index (χ0) is 17.4. The third-order valence-electron chi connectivity index (χ3n) is 4.33. The number of para-hydroxylation sites is 1. The quantitative estimate of drug-likeness (QED) is 0.789. The van der Waals surface area contributed by atoms with Gasteiger partial charge in [-0.1, -0.05) is 30.3 Å². The van der Waals surface area contributed by atoms with E-state index >= 15 is 0 Å². The Morgan fingerprint density at radius 2 is 1.75 bits per heavy atom. The number of amides is 1. The van der Waals surface area contributed by atoms with Crippen LogP contribution in [0.2, 0.25) is 0 Å². The number of rotatable bonds is 2. The van der Waals surface area contributed by atoms with E-state index in [0.29, 0.717) is 5.69 Å². The number of anilines is 2. The summed E-state index contributed by atoms with van der Waals surface area (Å²) in [6, 6.07) is 14.8. The minimum Gasteiger partial charge on any atom is -0.397 e. The number of nitrogens with two attached hydrogens (primary N) is 1. The van der Waals surface area contributed by atoms with E-state index in [1.807, 2.05) is 55.5 Å². The Morgan fingerprint density at radius 1 is 1.08 bits per heavy atom. The van der Waals surface area contributed by atoms with Gasteiger partial charge in [-0.25, -0.2) is 0 Å². The topological polar surface area (TPSA) is 68.3 Å². The van der Waals surface area contributed by atoms with Crippen LogP contribution in [0.4, 0.5) is 11.4 Å². The minimum absolute atomic E-state index is 0.00523. The fraction of sp³-hybridized carbons (Fsp3) is 0.158. The maximum Gasteiger partial charge on any atom is 0.265 e. The lowest BCUT2D eigenvalue weighted by Crippen LogP contribution is -2.35. The molecule has 0 aliphatic heterocycles. The average Bonchev–Trinajstić information content (AvgIpc) is 2.59. The number of hydrogen-bond acceptors (Lipinski definition) is 3. The molecule has 0 bridgehead atoms. The smallest absolute Gasteiger partial charge is 0.265 e. The maximum absolute atomic E-state index is 12.9. The number of benzene rings is 2. The van der Waals surface area contributed by atoms with Crippen molar-refractivity contribution in [2.24, 2.45) is 7.05 Å². The van der Waals surface area contributed by atoms with Gasteiger partial charge in [0, 0.05) is 25.2 Å². The first-order valence-electron chi connectivity index (χ1n) is 7.64. The fourth-order valence-electron chi connectivity index (χ4n) is 2.94. The summed E-state index contributed by atoms with van der Waals surface area (Å²) in [4.78, 5) is 27.1. The minimum atomic E-state index is -0.413. The summed E-state index contributed by atoms with van der Waals surface area (Å²) < 4.78 is 1.48. The predicted octanol–water partition coefficient (Wildman–Crippen LogP) is 2.71. The van der Waals surface area contributed by atoms with Gasteiger partial charge >= 0.3 is 0 Å². The normalized spacial score (nSPS) is 10.8. The van der Waals surface area contributed by atoms with Gasteiger partial charge in [-0.05, 0) is 30.7 Å². The number of carbonyl (C=O) groups excluding carboxylic acids is 1. The lowest BCUT2D eigenvalue weighted by atomic mass is 10.0. The van der Waals surface area contributed by atoms with Crippen molar-refractivity contribution in [2.45, 2.75) is 6.92 Å². The fourth-order valence-corrected chi connectivity index (χ4v) is 2.94. The van der Waals surface area contributed by atoms with Gasteiger partial charge in [0.1, 0.15) is 5.56 Å². The number of fused-ring (bicyclic) bond motifs is 1. The Kier molecular flexibility index (Phi) is 3.85. The van der Waals surface area contributed by atoms with E-state index in [4.69, 9.17) is 5.73 Å². The number of aromatic nitrogens is 1. The van der Waals surface area contributed by atoms with E-state index in [-0.39, 0.29) is 11.3 Å². The summed E-state index contributed by atoms with van der Waals surface area (Å²) in [6.07, 6.45) is 0. The molecular weight excluding hydrogens is 302 g/mol. The standard InChI is InChI=1S/C19H19N3O2/c1-12-8-7-11-14-15(12)17(20)16(19(24)22(14)3)18(23)21(2)13-9-5-4-6-10-13/h4-11H,20H2,1-3H3. The Balaban J connectivity index is 2.25. The molecule has 0 spiro atoms. The molecule has 0 aliphatic carbocycles. The molecule has 1 heterocycles. The van der Waals surface area contributed by atoms with Crippen LogP contribution in [-0.2, 0) is 7.05 Å². The molecular formula is C19H19N3O2. The first-order valence-corrected chi connectivity index (χ1v) is 7.64. The van der Waals surface area contributed by atoms with Gasteiger partial charge in [-0.2, -0.15) is 0 Å². The van der Waals surface area contributed by atoms with E-state index in [9.17, 15) is 9.59 Å². The monoisotopic (exact) mass is 321 g/mol. The summed E-state index contributed by atoms with van der Waals surface area (Å²) >= 11 is 0. The highest BCUT2D eigenvalue weighted by molar-refractivity contribution is 6.13. The van der Waals surface area contributed by atoms with Gasteiger partial charge in [0.05, 0.1) is 11.2 Å². The van der Waals surface area contributed by atoms with Crippen molar-refractivity contribution in [2.75, 3.05) is 17.7 Å². The lowest BCUT2D eigenvalue weighted by Gasteiger charge is -2.20. The molecule has 0 atom stereocenters. The molecule has 0 unspecified atom stereocenters. The SMILES string of the molecule is Cc1cccc2c1c(N)c(C(=O)N(C)c1ccccc1)c(=O)n2C. The third kappa shape index (κ3) is 2.34. The average molecular weight is 321 g/mol. The van der Waals surface area contributed by atoms with Crippen LogP contribution in [0.25, 0.3) is 10.9 Å². The molecule has 2 aromatic carbocycles. The largest absolute Gasteiger partial charge is 0.397 e. The molecule has 2 N–H and O–H groups in total. The van der Waals surface area contributed by atoms with Crippen molar-refractivity contribution in [3.05, 3.63) is 70.0 Å². The molecule has 5 nitrogen and oxygen atoms in total. The van der Waals surface area contributed by atoms with Gasteiger partial charge in [0.15, 0.2) is 0 Å². The second-order valence-electron chi connectivity index (χ2n) is 5.82. The molecule has 24 heavy (non-hydrogen) atoms. The Hall–Kier alpha value is -3.08. The van der Waals surface area contributed by atoms with Crippen molar-refractivity contribution >= 4 is 28.2 Å². The van der Waals surface area contributed by atoms with Crippen LogP contribution in [0.15, 0.2) is 53.3 Å². The second-order valence-corrected chi connectivity index (χ2v) is 5.82. The first kappa shape index (κ1) is 15.8. The maximum atomic E-state index is 12.9. The predicted molar refractivity (Wildman–Crippen MR) is 97.5 cm³/mol. The first-order chi connectivity index (χ1) is 11.4. The number of nitrogen functional groups attached to an aromatic ring is 1. The highest BCUT2D eigenvalue weighted by atomic mass is 16.2. The van der Waals surface area contributed by atoms with Crippen LogP contribution in [0.3, 0.4) is 0 Å². The highest BCUT2D eigenvalue weighted by Gasteiger charge is 2.23. The van der Waals surface area contributed by atoms with Crippen LogP contribution in [-0.4, -0.2) is 17.5 Å².